The van der Waals surface area contributed by atoms with E-state index in [-0.39, 0.29) is 13.0 Å². The van der Waals surface area contributed by atoms with E-state index in [1.807, 2.05) is 6.07 Å². The summed E-state index contributed by atoms with van der Waals surface area (Å²) in [5.41, 5.74) is 4.87. The number of ether oxygens (including phenoxy) is 1. The number of carboxylic acid groups (broad SMARTS) is 1. The van der Waals surface area contributed by atoms with Crippen molar-refractivity contribution in [1.82, 2.24) is 16.2 Å². The molecule has 1 aromatic carbocycles. The number of hydrogen-bond acceptors (Lipinski definition) is 5. The Morgan fingerprint density at radius 3 is 2.33 bits per heavy atom. The Morgan fingerprint density at radius 2 is 1.79 bits per heavy atom. The van der Waals surface area contributed by atoms with Crippen LogP contribution in [0, 0.1) is 0 Å². The molecule has 0 aliphatic carbocycles. The summed E-state index contributed by atoms with van der Waals surface area (Å²) in [6.07, 6.45) is -0.521. The molecule has 0 radical (unpaired) electrons. The van der Waals surface area contributed by atoms with E-state index in [1.54, 1.807) is 45.0 Å². The SMILES string of the molecule is CC(C)(C)OC(=O)NCC(=O)NN[C@@H](Cc1ccccc1)C(=O)O. The smallest absolute Gasteiger partial charge is 0.408 e. The number of alkyl carbamates (subject to hydrolysis) is 1. The van der Waals surface area contributed by atoms with Crippen LogP contribution in [0.15, 0.2) is 30.3 Å². The van der Waals surface area contributed by atoms with Gasteiger partial charge in [0, 0.05) is 6.42 Å². The van der Waals surface area contributed by atoms with E-state index < -0.39 is 29.6 Å². The molecule has 0 fully saturated rings. The second-order valence-corrected chi connectivity index (χ2v) is 6.13. The van der Waals surface area contributed by atoms with Gasteiger partial charge >= 0.3 is 12.1 Å². The van der Waals surface area contributed by atoms with E-state index >= 15 is 0 Å². The Morgan fingerprint density at radius 1 is 1.17 bits per heavy atom. The van der Waals surface area contributed by atoms with E-state index in [9.17, 15) is 19.5 Å². The molecule has 0 saturated carbocycles. The van der Waals surface area contributed by atoms with Gasteiger partial charge in [0.1, 0.15) is 18.2 Å². The van der Waals surface area contributed by atoms with Gasteiger partial charge in [-0.15, -0.1) is 0 Å². The van der Waals surface area contributed by atoms with Crippen LogP contribution in [0.25, 0.3) is 0 Å². The lowest BCUT2D eigenvalue weighted by Gasteiger charge is -2.20. The quantitative estimate of drug-likeness (QED) is 0.548. The Labute approximate surface area is 140 Å². The van der Waals surface area contributed by atoms with Crippen molar-refractivity contribution in [2.45, 2.75) is 38.8 Å². The Bertz CT molecular complexity index is 569. The predicted molar refractivity (Wildman–Crippen MR) is 87.1 cm³/mol. The summed E-state index contributed by atoms with van der Waals surface area (Å²) < 4.78 is 4.99. The first-order chi connectivity index (χ1) is 11.2. The van der Waals surface area contributed by atoms with Crippen molar-refractivity contribution in [3.8, 4) is 0 Å². The number of carboxylic acids is 1. The van der Waals surface area contributed by atoms with Gasteiger partial charge in [-0.3, -0.25) is 15.0 Å². The minimum atomic E-state index is -1.10. The molecule has 4 N–H and O–H groups in total. The molecular weight excluding hydrogens is 314 g/mol. The maximum atomic E-state index is 11.7. The molecule has 8 heteroatoms. The van der Waals surface area contributed by atoms with Gasteiger partial charge < -0.3 is 15.2 Å². The number of hydrazine groups is 1. The largest absolute Gasteiger partial charge is 0.480 e. The van der Waals surface area contributed by atoms with Gasteiger partial charge in [0.05, 0.1) is 0 Å². The third kappa shape index (κ3) is 8.14. The van der Waals surface area contributed by atoms with Crippen LogP contribution < -0.4 is 16.2 Å². The molecule has 0 aliphatic heterocycles. The molecule has 8 nitrogen and oxygen atoms in total. The highest BCUT2D eigenvalue weighted by atomic mass is 16.6. The molecule has 1 rings (SSSR count). The maximum Gasteiger partial charge on any atom is 0.408 e. The number of hydrogen-bond donors (Lipinski definition) is 4. The molecular formula is C16H23N3O5. The van der Waals surface area contributed by atoms with Crippen molar-refractivity contribution in [3.05, 3.63) is 35.9 Å². The number of benzene rings is 1. The lowest BCUT2D eigenvalue weighted by Crippen LogP contribution is -2.51. The van der Waals surface area contributed by atoms with Crippen molar-refractivity contribution >= 4 is 18.0 Å². The topological polar surface area (TPSA) is 117 Å². The lowest BCUT2D eigenvalue weighted by molar-refractivity contribution is -0.140. The number of carbonyl (C=O) groups is 3. The molecule has 0 unspecified atom stereocenters. The standard InChI is InChI=1S/C16H23N3O5/c1-16(2,3)24-15(23)17-10-13(20)19-18-12(14(21)22)9-11-7-5-4-6-8-11/h4-8,12,18H,9-10H2,1-3H3,(H,17,23)(H,19,20)(H,21,22)/t12-/m0/s1. The second kappa shape index (κ2) is 8.88. The minimum absolute atomic E-state index is 0.204. The summed E-state index contributed by atoms with van der Waals surface area (Å²) in [5, 5.41) is 11.5. The number of carbonyl (C=O) groups excluding carboxylic acids is 2. The van der Waals surface area contributed by atoms with Crippen molar-refractivity contribution < 1.29 is 24.2 Å². The maximum absolute atomic E-state index is 11.7. The van der Waals surface area contributed by atoms with Crippen LogP contribution >= 0.6 is 0 Å². The summed E-state index contributed by atoms with van der Waals surface area (Å²) in [4.78, 5) is 34.3. The minimum Gasteiger partial charge on any atom is -0.480 e. The van der Waals surface area contributed by atoms with E-state index in [4.69, 9.17) is 4.74 Å². The van der Waals surface area contributed by atoms with E-state index in [0.29, 0.717) is 0 Å². The molecule has 0 aliphatic rings. The van der Waals surface area contributed by atoms with E-state index in [2.05, 4.69) is 16.2 Å². The molecule has 2 amide bonds. The highest BCUT2D eigenvalue weighted by Crippen LogP contribution is 2.06. The van der Waals surface area contributed by atoms with E-state index in [1.165, 1.54) is 0 Å². The number of rotatable bonds is 7. The lowest BCUT2D eigenvalue weighted by atomic mass is 10.1. The normalized spacial score (nSPS) is 12.1. The van der Waals surface area contributed by atoms with Crippen LogP contribution in [-0.2, 0) is 20.7 Å². The summed E-state index contributed by atoms with van der Waals surface area (Å²) >= 11 is 0. The fraction of sp³-hybridized carbons (Fsp3) is 0.438. The zero-order valence-electron chi connectivity index (χ0n) is 14.0. The van der Waals surface area contributed by atoms with Crippen LogP contribution in [0.3, 0.4) is 0 Å². The molecule has 0 heterocycles. The number of aliphatic carboxylic acids is 1. The first-order valence-electron chi connectivity index (χ1n) is 7.45. The van der Waals surface area contributed by atoms with Crippen molar-refractivity contribution in [1.29, 1.82) is 0 Å². The summed E-state index contributed by atoms with van der Waals surface area (Å²) in [6, 6.07) is 8.04. The highest BCUT2D eigenvalue weighted by molar-refractivity contribution is 5.82. The van der Waals surface area contributed by atoms with Gasteiger partial charge in [0.25, 0.3) is 5.91 Å². The van der Waals surface area contributed by atoms with Gasteiger partial charge in [-0.05, 0) is 26.3 Å². The average molecular weight is 337 g/mol. The van der Waals surface area contributed by atoms with Gasteiger partial charge in [0.15, 0.2) is 0 Å². The fourth-order valence-corrected chi connectivity index (χ4v) is 1.73. The Balaban J connectivity index is 2.40. The second-order valence-electron chi connectivity index (χ2n) is 6.13. The van der Waals surface area contributed by atoms with Gasteiger partial charge in [-0.2, -0.15) is 0 Å². The van der Waals surface area contributed by atoms with E-state index in [0.717, 1.165) is 5.56 Å². The number of amides is 2. The Kier molecular flexibility index (Phi) is 7.19. The van der Waals surface area contributed by atoms with Crippen LogP contribution in [0.1, 0.15) is 26.3 Å². The van der Waals surface area contributed by atoms with Gasteiger partial charge in [0.2, 0.25) is 0 Å². The first kappa shape index (κ1) is 19.4. The van der Waals surface area contributed by atoms with Gasteiger partial charge in [-0.1, -0.05) is 30.3 Å². The Hall–Kier alpha value is -2.61. The molecule has 0 aromatic heterocycles. The number of nitrogens with one attached hydrogen (secondary N) is 3. The molecule has 0 bridgehead atoms. The third-order valence-electron chi connectivity index (χ3n) is 2.76. The highest BCUT2D eigenvalue weighted by Gasteiger charge is 2.19. The first-order valence-corrected chi connectivity index (χ1v) is 7.45. The summed E-state index contributed by atoms with van der Waals surface area (Å²) in [6.45, 7) is 4.78. The third-order valence-corrected chi connectivity index (χ3v) is 2.76. The molecule has 0 spiro atoms. The summed E-state index contributed by atoms with van der Waals surface area (Å²) in [5.74, 6) is -1.68. The molecule has 132 valence electrons. The average Bonchev–Trinajstić information content (AvgIpc) is 2.48. The molecule has 24 heavy (non-hydrogen) atoms. The zero-order chi connectivity index (χ0) is 18.2. The van der Waals surface area contributed by atoms with Gasteiger partial charge in [-0.25, -0.2) is 10.2 Å². The monoisotopic (exact) mass is 337 g/mol. The molecule has 0 saturated heterocycles. The van der Waals surface area contributed by atoms with Crippen LogP contribution in [0.4, 0.5) is 4.79 Å². The fourth-order valence-electron chi connectivity index (χ4n) is 1.73. The van der Waals surface area contributed by atoms with Crippen LogP contribution in [-0.4, -0.2) is 41.3 Å². The van der Waals surface area contributed by atoms with Crippen molar-refractivity contribution in [3.63, 3.8) is 0 Å². The summed E-state index contributed by atoms with van der Waals surface area (Å²) in [7, 11) is 0. The van der Waals surface area contributed by atoms with Crippen LogP contribution in [0.2, 0.25) is 0 Å². The van der Waals surface area contributed by atoms with Crippen LogP contribution in [0.5, 0.6) is 0 Å². The molecule has 1 aromatic rings. The zero-order valence-corrected chi connectivity index (χ0v) is 14.0. The predicted octanol–water partition coefficient (Wildman–Crippen LogP) is 0.828. The molecule has 1 atom stereocenters. The van der Waals surface area contributed by atoms with Crippen molar-refractivity contribution in [2.24, 2.45) is 0 Å². The van der Waals surface area contributed by atoms with Crippen molar-refractivity contribution in [2.75, 3.05) is 6.54 Å².